The summed E-state index contributed by atoms with van der Waals surface area (Å²) in [5.74, 6) is 2.49. The molecular formula is C12H19N5S. The van der Waals surface area contributed by atoms with E-state index in [1.165, 1.54) is 0 Å². The van der Waals surface area contributed by atoms with Gasteiger partial charge in [0.25, 0.3) is 0 Å². The lowest BCUT2D eigenvalue weighted by Crippen LogP contribution is -2.09. The Balaban J connectivity index is 2.37. The zero-order chi connectivity index (χ0) is 13.3. The molecule has 0 saturated heterocycles. The Morgan fingerprint density at radius 1 is 1.33 bits per heavy atom. The Morgan fingerprint density at radius 2 is 2.06 bits per heavy atom. The van der Waals surface area contributed by atoms with Gasteiger partial charge in [0.1, 0.15) is 11.6 Å². The second-order valence-corrected chi connectivity index (χ2v) is 6.95. The lowest BCUT2D eigenvalue weighted by atomic mass is 10.3. The molecule has 0 amide bonds. The number of nitrogens with one attached hydrogen (secondary N) is 1. The van der Waals surface area contributed by atoms with Crippen molar-refractivity contribution < 1.29 is 0 Å². The van der Waals surface area contributed by atoms with Gasteiger partial charge in [-0.15, -0.1) is 11.8 Å². The number of nitrogens with zero attached hydrogens (tertiary/aromatic N) is 4. The molecule has 0 bridgehead atoms. The van der Waals surface area contributed by atoms with Crippen molar-refractivity contribution in [3.05, 3.63) is 12.0 Å². The van der Waals surface area contributed by atoms with Gasteiger partial charge >= 0.3 is 0 Å². The molecule has 0 fully saturated rings. The second kappa shape index (κ2) is 4.76. The second-order valence-electron chi connectivity index (χ2n) is 5.14. The van der Waals surface area contributed by atoms with Gasteiger partial charge in [0.15, 0.2) is 5.65 Å². The number of hydrogen-bond donors (Lipinski definition) is 1. The van der Waals surface area contributed by atoms with E-state index in [0.717, 1.165) is 28.4 Å². The van der Waals surface area contributed by atoms with Crippen molar-refractivity contribution in [2.24, 2.45) is 7.05 Å². The largest absolute Gasteiger partial charge is 0.372 e. The van der Waals surface area contributed by atoms with E-state index in [1.807, 2.05) is 25.9 Å². The van der Waals surface area contributed by atoms with Gasteiger partial charge in [0.2, 0.25) is 0 Å². The van der Waals surface area contributed by atoms with Crippen LogP contribution in [0.5, 0.6) is 0 Å². The highest BCUT2D eigenvalue weighted by Gasteiger charge is 2.14. The fraction of sp³-hybridized carbons (Fsp3) is 0.583. The fourth-order valence-corrected chi connectivity index (χ4v) is 2.29. The smallest absolute Gasteiger partial charge is 0.163 e. The van der Waals surface area contributed by atoms with E-state index in [4.69, 9.17) is 0 Å². The summed E-state index contributed by atoms with van der Waals surface area (Å²) in [6.45, 7) is 6.58. The summed E-state index contributed by atoms with van der Waals surface area (Å²) in [5.41, 5.74) is 0.874. The third kappa shape index (κ3) is 2.75. The highest BCUT2D eigenvalue weighted by Crippen LogP contribution is 2.27. The molecule has 2 heterocycles. The number of thioether (sulfide) groups is 1. The van der Waals surface area contributed by atoms with Crippen LogP contribution in [0.2, 0.25) is 0 Å². The van der Waals surface area contributed by atoms with Crippen molar-refractivity contribution in [3.63, 3.8) is 0 Å². The predicted molar refractivity (Wildman–Crippen MR) is 76.9 cm³/mol. The third-order valence-electron chi connectivity index (χ3n) is 2.51. The molecule has 0 aliphatic heterocycles. The molecule has 0 atom stereocenters. The first-order valence-electron chi connectivity index (χ1n) is 5.91. The highest BCUT2D eigenvalue weighted by atomic mass is 32.2. The third-order valence-corrected chi connectivity index (χ3v) is 3.78. The normalized spacial score (nSPS) is 12.1. The molecule has 0 aliphatic carbocycles. The van der Waals surface area contributed by atoms with Crippen LogP contribution >= 0.6 is 11.8 Å². The lowest BCUT2D eigenvalue weighted by molar-refractivity contribution is 0.781. The van der Waals surface area contributed by atoms with E-state index in [0.29, 0.717) is 0 Å². The summed E-state index contributed by atoms with van der Waals surface area (Å²) in [6, 6.07) is 0. The molecular weight excluding hydrogens is 246 g/mol. The molecule has 98 valence electrons. The zero-order valence-corrected chi connectivity index (χ0v) is 12.3. The molecule has 0 saturated carbocycles. The van der Waals surface area contributed by atoms with Crippen LogP contribution in [-0.2, 0) is 12.8 Å². The van der Waals surface area contributed by atoms with E-state index >= 15 is 0 Å². The van der Waals surface area contributed by atoms with Crippen molar-refractivity contribution in [1.29, 1.82) is 0 Å². The zero-order valence-electron chi connectivity index (χ0n) is 11.5. The monoisotopic (exact) mass is 265 g/mol. The summed E-state index contributed by atoms with van der Waals surface area (Å²) in [4.78, 5) is 9.11. The van der Waals surface area contributed by atoms with Crippen LogP contribution in [0.4, 0.5) is 5.82 Å². The maximum absolute atomic E-state index is 4.57. The van der Waals surface area contributed by atoms with Gasteiger partial charge < -0.3 is 5.32 Å². The summed E-state index contributed by atoms with van der Waals surface area (Å²) in [5, 5.41) is 8.29. The molecule has 2 aromatic heterocycles. The number of anilines is 1. The Morgan fingerprint density at radius 3 is 2.67 bits per heavy atom. The van der Waals surface area contributed by atoms with E-state index in [-0.39, 0.29) is 4.75 Å². The first kappa shape index (κ1) is 13.1. The molecule has 0 aromatic carbocycles. The van der Waals surface area contributed by atoms with Gasteiger partial charge in [0, 0.05) is 18.8 Å². The minimum Gasteiger partial charge on any atom is -0.372 e. The maximum Gasteiger partial charge on any atom is 0.163 e. The molecule has 0 spiro atoms. The van der Waals surface area contributed by atoms with Crippen LogP contribution < -0.4 is 5.32 Å². The van der Waals surface area contributed by atoms with Gasteiger partial charge in [-0.2, -0.15) is 5.10 Å². The highest BCUT2D eigenvalue weighted by molar-refractivity contribution is 7.99. The molecule has 2 aromatic rings. The molecule has 0 unspecified atom stereocenters. The van der Waals surface area contributed by atoms with Gasteiger partial charge in [-0.25, -0.2) is 9.97 Å². The predicted octanol–water partition coefficient (Wildman–Crippen LogP) is 2.44. The van der Waals surface area contributed by atoms with E-state index < -0.39 is 0 Å². The standard InChI is InChI=1S/C12H19N5S/c1-12(2,3)18-7-9-15-10(13-4)8-6-14-17(5)11(8)16-9/h6H,7H2,1-5H3,(H,13,15,16). The molecule has 6 heteroatoms. The van der Waals surface area contributed by atoms with Gasteiger partial charge in [-0.05, 0) is 0 Å². The summed E-state index contributed by atoms with van der Waals surface area (Å²) in [7, 11) is 3.77. The fourth-order valence-electron chi connectivity index (χ4n) is 1.60. The van der Waals surface area contributed by atoms with Crippen LogP contribution in [0, 0.1) is 0 Å². The van der Waals surface area contributed by atoms with Crippen LogP contribution in [0.25, 0.3) is 11.0 Å². The Labute approximate surface area is 111 Å². The topological polar surface area (TPSA) is 55.6 Å². The maximum atomic E-state index is 4.57. The molecule has 0 radical (unpaired) electrons. The summed E-state index contributed by atoms with van der Waals surface area (Å²) >= 11 is 1.84. The minimum absolute atomic E-state index is 0.213. The van der Waals surface area contributed by atoms with Gasteiger partial charge in [-0.3, -0.25) is 4.68 Å². The van der Waals surface area contributed by atoms with Crippen LogP contribution in [-0.4, -0.2) is 31.5 Å². The molecule has 1 N–H and O–H groups in total. The molecule has 0 aliphatic rings. The molecule has 2 rings (SSSR count). The van der Waals surface area contributed by atoms with E-state index in [1.54, 1.807) is 10.9 Å². The molecule has 18 heavy (non-hydrogen) atoms. The summed E-state index contributed by atoms with van der Waals surface area (Å²) < 4.78 is 1.99. The van der Waals surface area contributed by atoms with Crippen LogP contribution in [0.1, 0.15) is 26.6 Å². The Hall–Kier alpha value is -1.30. The van der Waals surface area contributed by atoms with Crippen LogP contribution in [0.3, 0.4) is 0 Å². The first-order chi connectivity index (χ1) is 8.40. The average Bonchev–Trinajstić information content (AvgIpc) is 2.67. The summed E-state index contributed by atoms with van der Waals surface area (Å²) in [6.07, 6.45) is 1.79. The van der Waals surface area contributed by atoms with Crippen molar-refractivity contribution in [3.8, 4) is 0 Å². The molecule has 5 nitrogen and oxygen atoms in total. The Bertz CT molecular complexity index is 555. The lowest BCUT2D eigenvalue weighted by Gasteiger charge is -2.17. The van der Waals surface area contributed by atoms with E-state index in [2.05, 4.69) is 41.2 Å². The number of fused-ring (bicyclic) bond motifs is 1. The van der Waals surface area contributed by atoms with Crippen molar-refractivity contribution in [2.75, 3.05) is 12.4 Å². The van der Waals surface area contributed by atoms with Crippen molar-refractivity contribution in [2.45, 2.75) is 31.3 Å². The minimum atomic E-state index is 0.213. The van der Waals surface area contributed by atoms with Crippen molar-refractivity contribution >= 4 is 28.6 Å². The number of aryl methyl sites for hydroxylation is 1. The SMILES string of the molecule is CNc1nc(CSC(C)(C)C)nc2c1cnn2C. The Kier molecular flexibility index (Phi) is 3.47. The van der Waals surface area contributed by atoms with E-state index in [9.17, 15) is 0 Å². The average molecular weight is 265 g/mol. The van der Waals surface area contributed by atoms with Crippen molar-refractivity contribution in [1.82, 2.24) is 19.7 Å². The number of hydrogen-bond acceptors (Lipinski definition) is 5. The number of rotatable bonds is 3. The first-order valence-corrected chi connectivity index (χ1v) is 6.89. The van der Waals surface area contributed by atoms with Gasteiger partial charge in [-0.1, -0.05) is 20.8 Å². The quantitative estimate of drug-likeness (QED) is 0.923. The van der Waals surface area contributed by atoms with Gasteiger partial charge in [0.05, 0.1) is 17.3 Å². The van der Waals surface area contributed by atoms with Crippen LogP contribution in [0.15, 0.2) is 6.20 Å². The number of aromatic nitrogens is 4.